The number of halogens is 1. The van der Waals surface area contributed by atoms with Crippen LogP contribution in [0.4, 0.5) is 5.00 Å². The molecule has 6 nitrogen and oxygen atoms in total. The lowest BCUT2D eigenvalue weighted by atomic mass is 10.4. The van der Waals surface area contributed by atoms with Crippen LogP contribution in [-0.2, 0) is 19.7 Å². The van der Waals surface area contributed by atoms with Crippen LogP contribution in [-0.4, -0.2) is 40.7 Å². The first kappa shape index (κ1) is 22.1. The first-order valence-electron chi connectivity index (χ1n) is 8.66. The molecule has 1 heterocycles. The zero-order valence-corrected chi connectivity index (χ0v) is 18.7. The zero-order valence-electron chi connectivity index (χ0n) is 15.5. The van der Waals surface area contributed by atoms with Crippen molar-refractivity contribution in [1.29, 1.82) is 0 Å². The van der Waals surface area contributed by atoms with Gasteiger partial charge >= 0.3 is 0 Å². The minimum atomic E-state index is -3.98. The van der Waals surface area contributed by atoms with E-state index in [1.807, 2.05) is 18.7 Å². The molecule has 0 spiro atoms. The Morgan fingerprint density at radius 2 is 1.56 bits per heavy atom. The first-order chi connectivity index (χ1) is 12.7. The third kappa shape index (κ3) is 4.82. The Labute approximate surface area is 170 Å². The fourth-order valence-corrected chi connectivity index (χ4v) is 6.80. The third-order valence-electron chi connectivity index (χ3n) is 3.86. The van der Waals surface area contributed by atoms with Crippen LogP contribution in [0.3, 0.4) is 0 Å². The lowest BCUT2D eigenvalue weighted by Crippen LogP contribution is -2.25. The van der Waals surface area contributed by atoms with Gasteiger partial charge in [-0.05, 0) is 37.1 Å². The van der Waals surface area contributed by atoms with Gasteiger partial charge in [-0.3, -0.25) is 0 Å². The Morgan fingerprint density at radius 3 is 2.04 bits per heavy atom. The van der Waals surface area contributed by atoms with Crippen LogP contribution in [0.5, 0.6) is 0 Å². The van der Waals surface area contributed by atoms with E-state index in [0.29, 0.717) is 23.1 Å². The number of thiazole rings is 1. The predicted molar refractivity (Wildman–Crippen MR) is 110 cm³/mol. The maximum absolute atomic E-state index is 13.2. The molecule has 0 aliphatic heterocycles. The van der Waals surface area contributed by atoms with Crippen molar-refractivity contribution in [2.24, 2.45) is 0 Å². The standard InChI is InChI=1S/C17H23ClN2O4S3/c1-4-11-20(12-5-2)16-15(19-17(25-16)26(21,22)6-3)27(23,24)14-9-7-13(18)8-10-14/h7-10H,4-6,11-12H2,1-3H3. The van der Waals surface area contributed by atoms with Crippen LogP contribution in [0.15, 0.2) is 38.5 Å². The SMILES string of the molecule is CCCN(CCC)c1sc(S(=O)(=O)CC)nc1S(=O)(=O)c1ccc(Cl)cc1. The number of nitrogens with zero attached hydrogens (tertiary/aromatic N) is 2. The van der Waals surface area contributed by atoms with E-state index in [2.05, 4.69) is 4.98 Å². The van der Waals surface area contributed by atoms with Crippen molar-refractivity contribution in [2.75, 3.05) is 23.7 Å². The maximum atomic E-state index is 13.2. The summed E-state index contributed by atoms with van der Waals surface area (Å²) in [6, 6.07) is 5.78. The van der Waals surface area contributed by atoms with E-state index in [1.54, 1.807) is 0 Å². The van der Waals surface area contributed by atoms with Crippen LogP contribution in [0.25, 0.3) is 0 Å². The number of hydrogen-bond acceptors (Lipinski definition) is 7. The Balaban J connectivity index is 2.70. The van der Waals surface area contributed by atoms with Crippen molar-refractivity contribution in [3.05, 3.63) is 29.3 Å². The molecule has 0 radical (unpaired) electrons. The fraction of sp³-hybridized carbons (Fsp3) is 0.471. The second-order valence-electron chi connectivity index (χ2n) is 5.94. The Kier molecular flexibility index (Phi) is 7.29. The monoisotopic (exact) mass is 450 g/mol. The van der Waals surface area contributed by atoms with Gasteiger partial charge in [0.25, 0.3) is 0 Å². The topological polar surface area (TPSA) is 84.4 Å². The van der Waals surface area contributed by atoms with E-state index in [1.165, 1.54) is 31.2 Å². The highest BCUT2D eigenvalue weighted by Crippen LogP contribution is 2.38. The third-order valence-corrected chi connectivity index (χ3v) is 9.23. The van der Waals surface area contributed by atoms with Gasteiger partial charge in [0, 0.05) is 18.1 Å². The first-order valence-corrected chi connectivity index (χ1v) is 13.0. The van der Waals surface area contributed by atoms with Crippen molar-refractivity contribution in [3.8, 4) is 0 Å². The van der Waals surface area contributed by atoms with E-state index in [-0.39, 0.29) is 20.0 Å². The molecule has 0 atom stereocenters. The Bertz CT molecular complexity index is 978. The van der Waals surface area contributed by atoms with Gasteiger partial charge in [-0.2, -0.15) is 0 Å². The van der Waals surface area contributed by atoms with Crippen LogP contribution in [0.1, 0.15) is 33.6 Å². The number of anilines is 1. The summed E-state index contributed by atoms with van der Waals surface area (Å²) in [6.07, 6.45) is 1.60. The highest BCUT2D eigenvalue weighted by atomic mass is 35.5. The molecule has 0 bridgehead atoms. The van der Waals surface area contributed by atoms with Gasteiger partial charge in [-0.15, -0.1) is 0 Å². The maximum Gasteiger partial charge on any atom is 0.226 e. The smallest absolute Gasteiger partial charge is 0.226 e. The second kappa shape index (κ2) is 8.89. The van der Waals surface area contributed by atoms with Gasteiger partial charge in [-0.25, -0.2) is 21.8 Å². The van der Waals surface area contributed by atoms with E-state index in [4.69, 9.17) is 11.6 Å². The lowest BCUT2D eigenvalue weighted by Gasteiger charge is -2.22. The molecule has 10 heteroatoms. The summed E-state index contributed by atoms with van der Waals surface area (Å²) in [6.45, 7) is 6.72. The highest BCUT2D eigenvalue weighted by Gasteiger charge is 2.32. The average Bonchev–Trinajstić information content (AvgIpc) is 3.09. The molecule has 0 aliphatic carbocycles. The molecule has 0 amide bonds. The predicted octanol–water partition coefficient (Wildman–Crippen LogP) is 4.05. The van der Waals surface area contributed by atoms with Crippen LogP contribution in [0.2, 0.25) is 5.02 Å². The summed E-state index contributed by atoms with van der Waals surface area (Å²) >= 11 is 6.78. The summed E-state index contributed by atoms with van der Waals surface area (Å²) in [5, 5.41) is 0.588. The van der Waals surface area contributed by atoms with Crippen LogP contribution >= 0.6 is 22.9 Å². The Hall–Kier alpha value is -1.16. The fourth-order valence-electron chi connectivity index (χ4n) is 2.49. The Morgan fingerprint density at radius 1 is 1.00 bits per heavy atom. The van der Waals surface area contributed by atoms with E-state index in [0.717, 1.165) is 24.2 Å². The molecule has 27 heavy (non-hydrogen) atoms. The number of benzene rings is 1. The molecular formula is C17H23ClN2O4S3. The summed E-state index contributed by atoms with van der Waals surface area (Å²) < 4.78 is 50.9. The number of sulfone groups is 2. The molecule has 2 rings (SSSR count). The average molecular weight is 451 g/mol. The van der Waals surface area contributed by atoms with Crippen LogP contribution < -0.4 is 4.90 Å². The van der Waals surface area contributed by atoms with Crippen molar-refractivity contribution in [1.82, 2.24) is 4.98 Å². The van der Waals surface area contributed by atoms with Crippen molar-refractivity contribution >= 4 is 47.6 Å². The molecule has 0 fully saturated rings. The molecule has 0 aliphatic rings. The van der Waals surface area contributed by atoms with Gasteiger partial charge in [0.2, 0.25) is 24.0 Å². The number of hydrogen-bond donors (Lipinski definition) is 0. The molecule has 0 N–H and O–H groups in total. The minimum absolute atomic E-state index is 0.0341. The molecule has 0 unspecified atom stereocenters. The molecule has 150 valence electrons. The van der Waals surface area contributed by atoms with Crippen LogP contribution in [0, 0.1) is 0 Å². The minimum Gasteiger partial charge on any atom is -0.361 e. The van der Waals surface area contributed by atoms with E-state index in [9.17, 15) is 16.8 Å². The van der Waals surface area contributed by atoms with Crippen molar-refractivity contribution < 1.29 is 16.8 Å². The second-order valence-corrected chi connectivity index (χ2v) is 11.7. The van der Waals surface area contributed by atoms with E-state index >= 15 is 0 Å². The van der Waals surface area contributed by atoms with Gasteiger partial charge in [0.1, 0.15) is 5.00 Å². The molecule has 0 saturated carbocycles. The lowest BCUT2D eigenvalue weighted by molar-refractivity contribution is 0.589. The molecular weight excluding hydrogens is 428 g/mol. The number of rotatable bonds is 9. The summed E-state index contributed by atoms with van der Waals surface area (Å²) in [5.74, 6) is -0.137. The van der Waals surface area contributed by atoms with E-state index < -0.39 is 19.7 Å². The quantitative estimate of drug-likeness (QED) is 0.573. The molecule has 2 aromatic rings. The zero-order chi connectivity index (χ0) is 20.2. The molecule has 0 saturated heterocycles. The summed E-state index contributed by atoms with van der Waals surface area (Å²) in [5.41, 5.74) is 0. The molecule has 1 aromatic carbocycles. The van der Waals surface area contributed by atoms with Crippen molar-refractivity contribution in [3.63, 3.8) is 0 Å². The van der Waals surface area contributed by atoms with Crippen molar-refractivity contribution in [2.45, 2.75) is 47.9 Å². The highest BCUT2D eigenvalue weighted by molar-refractivity contribution is 7.94. The van der Waals surface area contributed by atoms with Gasteiger partial charge in [0.05, 0.1) is 10.6 Å². The largest absolute Gasteiger partial charge is 0.361 e. The number of aromatic nitrogens is 1. The van der Waals surface area contributed by atoms with Gasteiger partial charge in [-0.1, -0.05) is 43.7 Å². The molecule has 1 aromatic heterocycles. The summed E-state index contributed by atoms with van der Waals surface area (Å²) in [4.78, 5) is 6.01. The van der Waals surface area contributed by atoms with Gasteiger partial charge in [0.15, 0.2) is 5.03 Å². The summed E-state index contributed by atoms with van der Waals surface area (Å²) in [7, 11) is -7.60. The van der Waals surface area contributed by atoms with Gasteiger partial charge < -0.3 is 4.90 Å². The normalized spacial score (nSPS) is 12.3.